The summed E-state index contributed by atoms with van der Waals surface area (Å²) < 4.78 is 11.1. The molecule has 0 radical (unpaired) electrons. The highest BCUT2D eigenvalue weighted by Gasteiger charge is 2.44. The summed E-state index contributed by atoms with van der Waals surface area (Å²) in [6.07, 6.45) is 2.95. The molecule has 0 saturated heterocycles. The number of nitrogens with zero attached hydrogens (tertiary/aromatic N) is 1. The van der Waals surface area contributed by atoms with Crippen molar-refractivity contribution in [1.29, 1.82) is 0 Å². The fourth-order valence-corrected chi connectivity index (χ4v) is 3.44. The zero-order valence-corrected chi connectivity index (χ0v) is 15.0. The number of aromatic nitrogens is 1. The Kier molecular flexibility index (Phi) is 6.08. The third-order valence-electron chi connectivity index (χ3n) is 4.90. The standard InChI is InChI=1S/C20H26N2O4/c1-25-16-6-4-15(5-7-16)11-22-13-20(9-18(23)19(24)10-20)14-26-17-3-2-8-21-12-17/h2-8,12,18-19,22-24H,9-11,13-14H2,1H3/t18-,19+,20?. The number of benzene rings is 1. The van der Waals surface area contributed by atoms with Crippen molar-refractivity contribution in [3.8, 4) is 11.5 Å². The van der Waals surface area contributed by atoms with Crippen molar-refractivity contribution in [2.45, 2.75) is 31.6 Å². The fraction of sp³-hybridized carbons (Fsp3) is 0.450. The summed E-state index contributed by atoms with van der Waals surface area (Å²) in [5.74, 6) is 1.52. The maximum atomic E-state index is 10.0. The summed E-state index contributed by atoms with van der Waals surface area (Å²) in [5.41, 5.74) is 0.828. The summed E-state index contributed by atoms with van der Waals surface area (Å²) in [6.45, 7) is 1.76. The molecule has 1 saturated carbocycles. The van der Waals surface area contributed by atoms with Gasteiger partial charge in [0.2, 0.25) is 0 Å². The fourth-order valence-electron chi connectivity index (χ4n) is 3.44. The average Bonchev–Trinajstić information content (AvgIpc) is 2.96. The van der Waals surface area contributed by atoms with E-state index in [0.717, 1.165) is 11.3 Å². The second-order valence-corrected chi connectivity index (χ2v) is 6.97. The topological polar surface area (TPSA) is 83.8 Å². The van der Waals surface area contributed by atoms with Crippen LogP contribution in [0.25, 0.3) is 0 Å². The summed E-state index contributed by atoms with van der Waals surface area (Å²) in [4.78, 5) is 4.05. The van der Waals surface area contributed by atoms with E-state index in [4.69, 9.17) is 9.47 Å². The molecule has 140 valence electrons. The lowest BCUT2D eigenvalue weighted by molar-refractivity contribution is 0.0438. The molecule has 1 aliphatic rings. The van der Waals surface area contributed by atoms with E-state index in [1.165, 1.54) is 0 Å². The molecule has 1 unspecified atom stereocenters. The third-order valence-corrected chi connectivity index (χ3v) is 4.90. The van der Waals surface area contributed by atoms with Crippen LogP contribution in [-0.2, 0) is 6.54 Å². The summed E-state index contributed by atoms with van der Waals surface area (Å²) >= 11 is 0. The van der Waals surface area contributed by atoms with Crippen molar-refractivity contribution in [2.75, 3.05) is 20.3 Å². The van der Waals surface area contributed by atoms with E-state index in [0.29, 0.717) is 38.3 Å². The zero-order chi connectivity index (χ0) is 18.4. The van der Waals surface area contributed by atoms with Gasteiger partial charge in [-0.1, -0.05) is 12.1 Å². The van der Waals surface area contributed by atoms with Crippen LogP contribution in [0.5, 0.6) is 11.5 Å². The highest BCUT2D eigenvalue weighted by atomic mass is 16.5. The van der Waals surface area contributed by atoms with E-state index in [1.807, 2.05) is 36.4 Å². The summed E-state index contributed by atoms with van der Waals surface area (Å²) in [6, 6.07) is 11.6. The van der Waals surface area contributed by atoms with E-state index in [-0.39, 0.29) is 5.41 Å². The Balaban J connectivity index is 1.58. The highest BCUT2D eigenvalue weighted by molar-refractivity contribution is 5.27. The van der Waals surface area contributed by atoms with Crippen molar-refractivity contribution < 1.29 is 19.7 Å². The van der Waals surface area contributed by atoms with Gasteiger partial charge in [0.25, 0.3) is 0 Å². The Morgan fingerprint density at radius 1 is 1.12 bits per heavy atom. The molecule has 2 aromatic rings. The van der Waals surface area contributed by atoms with E-state index in [9.17, 15) is 10.2 Å². The van der Waals surface area contributed by atoms with Crippen molar-refractivity contribution in [3.05, 3.63) is 54.4 Å². The summed E-state index contributed by atoms with van der Waals surface area (Å²) in [5, 5.41) is 23.5. The monoisotopic (exact) mass is 358 g/mol. The molecule has 6 nitrogen and oxygen atoms in total. The molecule has 26 heavy (non-hydrogen) atoms. The Labute approximate surface area is 153 Å². The first kappa shape index (κ1) is 18.6. The van der Waals surface area contributed by atoms with Gasteiger partial charge in [-0.3, -0.25) is 4.98 Å². The van der Waals surface area contributed by atoms with Crippen LogP contribution in [0.2, 0.25) is 0 Å². The van der Waals surface area contributed by atoms with Gasteiger partial charge in [0.1, 0.15) is 11.5 Å². The predicted octanol–water partition coefficient (Wildman–Crippen LogP) is 1.76. The van der Waals surface area contributed by atoms with Gasteiger partial charge in [-0.25, -0.2) is 0 Å². The molecule has 0 spiro atoms. The normalized spacial score (nSPS) is 25.2. The Hall–Kier alpha value is -2.15. The minimum absolute atomic E-state index is 0.318. The van der Waals surface area contributed by atoms with Crippen LogP contribution in [0.15, 0.2) is 48.8 Å². The number of pyridine rings is 1. The summed E-state index contributed by atoms with van der Waals surface area (Å²) in [7, 11) is 1.65. The van der Waals surface area contributed by atoms with Gasteiger partial charge in [-0.2, -0.15) is 0 Å². The molecular weight excluding hydrogens is 332 g/mol. The zero-order valence-electron chi connectivity index (χ0n) is 15.0. The number of methoxy groups -OCH3 is 1. The lowest BCUT2D eigenvalue weighted by atomic mass is 9.86. The van der Waals surface area contributed by atoms with Crippen LogP contribution in [0.4, 0.5) is 0 Å². The Morgan fingerprint density at radius 2 is 1.85 bits per heavy atom. The second kappa shape index (κ2) is 8.49. The molecule has 1 aromatic carbocycles. The Morgan fingerprint density at radius 3 is 2.46 bits per heavy atom. The third kappa shape index (κ3) is 4.72. The first-order chi connectivity index (χ1) is 12.6. The quantitative estimate of drug-likeness (QED) is 0.667. The number of hydrogen-bond acceptors (Lipinski definition) is 6. The maximum absolute atomic E-state index is 10.0. The van der Waals surface area contributed by atoms with E-state index in [1.54, 1.807) is 19.5 Å². The van der Waals surface area contributed by atoms with Crippen molar-refractivity contribution in [2.24, 2.45) is 5.41 Å². The molecule has 3 N–H and O–H groups in total. The Bertz CT molecular complexity index is 668. The van der Waals surface area contributed by atoms with E-state index < -0.39 is 12.2 Å². The van der Waals surface area contributed by atoms with Crippen LogP contribution in [0.3, 0.4) is 0 Å². The van der Waals surface area contributed by atoms with Gasteiger partial charge in [0, 0.05) is 24.7 Å². The maximum Gasteiger partial charge on any atom is 0.137 e. The molecule has 1 aliphatic carbocycles. The van der Waals surface area contributed by atoms with Crippen molar-refractivity contribution >= 4 is 0 Å². The number of aliphatic hydroxyl groups excluding tert-OH is 2. The predicted molar refractivity (Wildman–Crippen MR) is 98.1 cm³/mol. The van der Waals surface area contributed by atoms with Gasteiger partial charge < -0.3 is 25.0 Å². The highest BCUT2D eigenvalue weighted by Crippen LogP contribution is 2.38. The molecule has 6 heteroatoms. The molecule has 0 amide bonds. The van der Waals surface area contributed by atoms with Crippen LogP contribution >= 0.6 is 0 Å². The molecule has 3 atom stereocenters. The number of rotatable bonds is 8. The number of hydrogen-bond donors (Lipinski definition) is 3. The average molecular weight is 358 g/mol. The first-order valence-electron chi connectivity index (χ1n) is 8.83. The van der Waals surface area contributed by atoms with Crippen LogP contribution in [-0.4, -0.2) is 47.7 Å². The molecule has 1 fully saturated rings. The van der Waals surface area contributed by atoms with Gasteiger partial charge in [-0.05, 0) is 42.7 Å². The SMILES string of the molecule is COc1ccc(CNCC2(COc3cccnc3)C[C@@H](O)[C@@H](O)C2)cc1. The smallest absolute Gasteiger partial charge is 0.137 e. The molecule has 1 aromatic heterocycles. The molecule has 0 aliphatic heterocycles. The van der Waals surface area contributed by atoms with Gasteiger partial charge >= 0.3 is 0 Å². The lowest BCUT2D eigenvalue weighted by Gasteiger charge is -2.29. The first-order valence-corrected chi connectivity index (χ1v) is 8.83. The van der Waals surface area contributed by atoms with E-state index >= 15 is 0 Å². The molecule has 1 heterocycles. The minimum atomic E-state index is -0.713. The number of ether oxygens (including phenoxy) is 2. The molecule has 0 bridgehead atoms. The second-order valence-electron chi connectivity index (χ2n) is 6.97. The van der Waals surface area contributed by atoms with Gasteiger partial charge in [-0.15, -0.1) is 0 Å². The largest absolute Gasteiger partial charge is 0.497 e. The number of aliphatic hydroxyl groups is 2. The van der Waals surface area contributed by atoms with Gasteiger partial charge in [0.15, 0.2) is 0 Å². The van der Waals surface area contributed by atoms with Crippen LogP contribution in [0, 0.1) is 5.41 Å². The van der Waals surface area contributed by atoms with Crippen LogP contribution < -0.4 is 14.8 Å². The van der Waals surface area contributed by atoms with E-state index in [2.05, 4.69) is 10.3 Å². The minimum Gasteiger partial charge on any atom is -0.497 e. The number of nitrogens with one attached hydrogen (secondary N) is 1. The molecular formula is C20H26N2O4. The molecule has 3 rings (SSSR count). The lowest BCUT2D eigenvalue weighted by Crippen LogP contribution is -2.37. The van der Waals surface area contributed by atoms with Crippen LogP contribution in [0.1, 0.15) is 18.4 Å². The van der Waals surface area contributed by atoms with Crippen molar-refractivity contribution in [3.63, 3.8) is 0 Å². The van der Waals surface area contributed by atoms with Gasteiger partial charge in [0.05, 0.1) is 32.1 Å². The van der Waals surface area contributed by atoms with Crippen molar-refractivity contribution in [1.82, 2.24) is 10.3 Å².